The van der Waals surface area contributed by atoms with Gasteiger partial charge in [-0.05, 0) is 178 Å². The lowest BCUT2D eigenvalue weighted by atomic mass is 10.0. The molecule has 0 atom stereocenters. The lowest BCUT2D eigenvalue weighted by Crippen LogP contribution is -2.39. The van der Waals surface area contributed by atoms with E-state index in [9.17, 15) is 28.4 Å². The van der Waals surface area contributed by atoms with Gasteiger partial charge < -0.3 is 70.6 Å². The van der Waals surface area contributed by atoms with E-state index in [-0.39, 0.29) is 48.0 Å². The average molecular weight is 1750 g/mol. The molecule has 0 unspecified atom stereocenters. The monoisotopic (exact) mass is 1750 g/mol. The largest absolute Gasteiger partial charge is 0.378 e. The van der Waals surface area contributed by atoms with Crippen molar-refractivity contribution in [2.75, 3.05) is 167 Å². The Balaban J connectivity index is 0.000000131. The number of fused-ring (bicyclic) bond motifs is 3. The minimum Gasteiger partial charge on any atom is -0.378 e. The zero-order valence-corrected chi connectivity index (χ0v) is 71.7. The molecule has 9 aromatic heterocycles. The van der Waals surface area contributed by atoms with Crippen LogP contribution in [-0.4, -0.2) is 244 Å². The summed E-state index contributed by atoms with van der Waals surface area (Å²) in [5.74, 6) is 3.77. The second-order valence-electron chi connectivity index (χ2n) is 32.3. The van der Waals surface area contributed by atoms with Crippen LogP contribution in [0.15, 0.2) is 220 Å². The highest BCUT2D eigenvalue weighted by atomic mass is 19.1. The number of hydrogen-bond donors (Lipinski definition) is 6. The second kappa shape index (κ2) is 40.4. The van der Waals surface area contributed by atoms with Crippen molar-refractivity contribution in [2.45, 2.75) is 63.2 Å². The third-order valence-corrected chi connectivity index (χ3v) is 23.8. The first-order valence-corrected chi connectivity index (χ1v) is 43.8. The molecule has 130 heavy (non-hydrogen) atoms. The number of urea groups is 3. The Hall–Kier alpha value is -14.9. The number of nitrogens with one attached hydrogen (secondary N) is 6. The Morgan fingerprint density at radius 2 is 0.746 bits per heavy atom. The standard InChI is InChI=1S/C33H33N9O3.C32H34N10O2.C29H31FN8O3/c43-32(24-4-2-1-3-5-24)41-16-12-27(13-17-41)42-31-28(22-35-42)30(40-18-20-45-21-19-40)38-29(39-31)23-6-8-25(9-7-23)36-33(44)37-26-10-14-34-15-11-26;43-32(37-26-4-2-12-34-20-26)36-25-7-5-24(6-8-25)29-38-30(41-15-17-44-18-16-41)28-21-35-42(31(28)39-29)27-9-13-40(14-10-27)22-23-3-1-11-33-19-23;1-31-29(40)33-22-7-5-19(6-8-22)25-34-26(36-13-15-41-16-14-36)24-18-32-38(27(24)35-25)23-9-11-37(12-10-23)28(39)20-3-2-4-21(30)17-20/h1-11,14-15,22,27H,12-13,16-21H2,(H2,34,36,37,44);1-8,11-12,19-21,27H,9-10,13-18,22H2,(H2,36,37,43);2-8,17-18,23H,9-16H2,1H3,(H2,31,33,40). The molecule has 6 fully saturated rings. The molecule has 35 nitrogen and oxygen atoms in total. The molecule has 664 valence electrons. The Morgan fingerprint density at radius 1 is 0.362 bits per heavy atom. The van der Waals surface area contributed by atoms with Crippen molar-refractivity contribution in [3.05, 3.63) is 242 Å². The molecule has 20 rings (SSSR count). The molecular formula is C94H98FN27O8. The van der Waals surface area contributed by atoms with Gasteiger partial charge in [0.1, 0.15) is 23.3 Å². The van der Waals surface area contributed by atoms with E-state index in [0.29, 0.717) is 149 Å². The van der Waals surface area contributed by atoms with E-state index in [4.69, 9.17) is 59.4 Å². The maximum atomic E-state index is 13.7. The van der Waals surface area contributed by atoms with Crippen molar-refractivity contribution in [1.29, 1.82) is 0 Å². The Bertz CT molecular complexity index is 6240. The summed E-state index contributed by atoms with van der Waals surface area (Å²) in [4.78, 5) is 118. The topological polar surface area (TPSA) is 374 Å². The number of rotatable bonds is 18. The van der Waals surface area contributed by atoms with Crippen LogP contribution in [0.4, 0.5) is 64.7 Å². The van der Waals surface area contributed by atoms with Crippen molar-refractivity contribution >= 4 is 109 Å². The molecule has 8 amide bonds. The summed E-state index contributed by atoms with van der Waals surface area (Å²) in [6, 6.07) is 48.2. The van der Waals surface area contributed by atoms with Gasteiger partial charge in [0.05, 0.1) is 104 Å². The number of amides is 8. The summed E-state index contributed by atoms with van der Waals surface area (Å²) >= 11 is 0. The van der Waals surface area contributed by atoms with Crippen molar-refractivity contribution < 1.29 is 42.6 Å². The Kier molecular flexibility index (Phi) is 26.7. The van der Waals surface area contributed by atoms with Crippen LogP contribution in [0.25, 0.3) is 67.3 Å². The van der Waals surface area contributed by atoms with Gasteiger partial charge in [0.2, 0.25) is 0 Å². The summed E-state index contributed by atoms with van der Waals surface area (Å²) in [5, 5.41) is 33.8. The average Bonchev–Trinajstić information content (AvgIpc) is 1.61. The number of halogens is 1. The van der Waals surface area contributed by atoms with E-state index in [2.05, 4.69) is 77.2 Å². The summed E-state index contributed by atoms with van der Waals surface area (Å²) in [5.41, 5.74) is 10.4. The summed E-state index contributed by atoms with van der Waals surface area (Å²) < 4.78 is 36.5. The molecule has 15 heterocycles. The molecule has 36 heteroatoms. The third kappa shape index (κ3) is 20.4. The van der Waals surface area contributed by atoms with Crippen molar-refractivity contribution in [3.63, 3.8) is 0 Å². The van der Waals surface area contributed by atoms with Crippen LogP contribution in [-0.2, 0) is 20.8 Å². The summed E-state index contributed by atoms with van der Waals surface area (Å²) in [6.45, 7) is 13.5. The number of aromatic nitrogens is 15. The lowest BCUT2D eigenvalue weighted by Gasteiger charge is -2.32. The number of likely N-dealkylation sites (tertiary alicyclic amines) is 3. The fourth-order valence-corrected chi connectivity index (χ4v) is 17.0. The van der Waals surface area contributed by atoms with Crippen molar-refractivity contribution in [2.24, 2.45) is 0 Å². The van der Waals surface area contributed by atoms with Crippen LogP contribution in [0.1, 0.15) is 82.9 Å². The molecular weight excluding hydrogens is 1650 g/mol. The van der Waals surface area contributed by atoms with E-state index >= 15 is 0 Å². The van der Waals surface area contributed by atoms with E-state index in [1.165, 1.54) is 17.7 Å². The van der Waals surface area contributed by atoms with Gasteiger partial charge in [-0.15, -0.1) is 0 Å². The smallest absolute Gasteiger partial charge is 0.323 e. The van der Waals surface area contributed by atoms with Gasteiger partial charge in [0.25, 0.3) is 11.8 Å². The van der Waals surface area contributed by atoms with E-state index in [1.54, 1.807) is 73.1 Å². The van der Waals surface area contributed by atoms with Crippen LogP contribution >= 0.6 is 0 Å². The first-order valence-electron chi connectivity index (χ1n) is 43.8. The maximum Gasteiger partial charge on any atom is 0.323 e. The SMILES string of the molecule is CNC(=O)Nc1ccc(-c2nc(N3CCOCC3)c3cnn(C4CCN(C(=O)c5cccc(F)c5)CC4)c3n2)cc1.O=C(Nc1ccc(-c2nc(N3CCOCC3)c3cnn(C4CCN(Cc5cccnc5)CC4)c3n2)cc1)Nc1cccnc1.O=C(Nc1ccncc1)Nc1ccc(-c2nc(N3CCOCC3)c3cnn(C4CCN(C(=O)c5ccccc5)CC4)c3n2)cc1. The van der Waals surface area contributed by atoms with Gasteiger partial charge in [-0.3, -0.25) is 29.4 Å². The number of hydrogen-bond acceptors (Lipinski definition) is 24. The number of carbonyl (C=O) groups excluding carboxylic acids is 5. The highest BCUT2D eigenvalue weighted by molar-refractivity contribution is 6.01. The van der Waals surface area contributed by atoms with Gasteiger partial charge in [0.15, 0.2) is 34.4 Å². The molecule has 6 aliphatic heterocycles. The highest BCUT2D eigenvalue weighted by Gasteiger charge is 2.33. The normalized spacial score (nSPS) is 16.0. The highest BCUT2D eigenvalue weighted by Crippen LogP contribution is 2.38. The number of ether oxygens (including phenoxy) is 3. The van der Waals surface area contributed by atoms with Crippen molar-refractivity contribution in [1.82, 2.24) is 94.2 Å². The summed E-state index contributed by atoms with van der Waals surface area (Å²) in [6.07, 6.45) is 20.8. The summed E-state index contributed by atoms with van der Waals surface area (Å²) in [7, 11) is 1.56. The fourth-order valence-electron chi connectivity index (χ4n) is 17.0. The minimum absolute atomic E-state index is 0.0449. The van der Waals surface area contributed by atoms with E-state index < -0.39 is 5.82 Å². The molecule has 0 saturated carbocycles. The Labute approximate surface area is 747 Å². The van der Waals surface area contributed by atoms with E-state index in [0.717, 1.165) is 139 Å². The number of nitrogens with zero attached hydrogens (tertiary/aromatic N) is 21. The third-order valence-electron chi connectivity index (χ3n) is 23.8. The molecule has 14 aromatic rings. The first kappa shape index (κ1) is 85.9. The van der Waals surface area contributed by atoms with Gasteiger partial charge in [-0.25, -0.2) is 62.7 Å². The molecule has 6 N–H and O–H groups in total. The molecule has 6 saturated heterocycles. The lowest BCUT2D eigenvalue weighted by molar-refractivity contribution is 0.0684. The molecule has 6 aliphatic rings. The quantitative estimate of drug-likeness (QED) is 0.0465. The predicted molar refractivity (Wildman–Crippen MR) is 492 cm³/mol. The predicted octanol–water partition coefficient (Wildman–Crippen LogP) is 13.1. The van der Waals surface area contributed by atoms with Crippen LogP contribution < -0.4 is 46.6 Å². The number of pyridine rings is 3. The fraction of sp³-hybridized carbons (Fsp3) is 0.309. The molecule has 0 spiro atoms. The second-order valence-corrected chi connectivity index (χ2v) is 32.3. The molecule has 0 bridgehead atoms. The van der Waals surface area contributed by atoms with Crippen LogP contribution in [0.3, 0.4) is 0 Å². The van der Waals surface area contributed by atoms with Crippen molar-refractivity contribution in [3.8, 4) is 34.2 Å². The number of carbonyl (C=O) groups is 5. The van der Waals surface area contributed by atoms with Gasteiger partial charge in [-0.2, -0.15) is 15.3 Å². The van der Waals surface area contributed by atoms with Gasteiger partial charge >= 0.3 is 18.1 Å². The number of piperidine rings is 3. The van der Waals surface area contributed by atoms with Crippen LogP contribution in [0.5, 0.6) is 0 Å². The zero-order valence-electron chi connectivity index (χ0n) is 71.7. The molecule has 0 aliphatic carbocycles. The van der Waals surface area contributed by atoms with Gasteiger partial charge in [0, 0.05) is 174 Å². The van der Waals surface area contributed by atoms with Gasteiger partial charge in [-0.1, -0.05) is 30.3 Å². The van der Waals surface area contributed by atoms with E-state index in [1.807, 2.05) is 154 Å². The first-order chi connectivity index (χ1) is 63.8. The van der Waals surface area contributed by atoms with Crippen LogP contribution in [0.2, 0.25) is 0 Å². The number of anilines is 8. The Morgan fingerprint density at radius 3 is 1.15 bits per heavy atom. The number of benzene rings is 5. The molecule has 5 aromatic carbocycles. The minimum atomic E-state index is -0.419. The number of morpholine rings is 3. The van der Waals surface area contributed by atoms with Crippen LogP contribution in [0, 0.1) is 5.82 Å². The maximum absolute atomic E-state index is 13.7. The molecule has 0 radical (unpaired) electrons. The zero-order chi connectivity index (χ0) is 88.7.